The first-order valence-electron chi connectivity index (χ1n) is 11.5. The molecule has 1 aliphatic rings. The van der Waals surface area contributed by atoms with Crippen molar-refractivity contribution < 1.29 is 24.6 Å². The number of nitrogens with one attached hydrogen (secondary N) is 2. The number of carbonyl (C=O) groups excluding carboxylic acids is 2. The molecule has 0 unspecified atom stereocenters. The molecule has 0 spiro atoms. The second-order valence-electron chi connectivity index (χ2n) is 8.30. The quantitative estimate of drug-likeness (QED) is 0.456. The molecule has 184 valence electrons. The van der Waals surface area contributed by atoms with Crippen LogP contribution in [0.2, 0.25) is 0 Å². The Hall–Kier alpha value is -3.98. The van der Waals surface area contributed by atoms with Crippen molar-refractivity contribution in [3.63, 3.8) is 0 Å². The monoisotopic (exact) mass is 478 g/mol. The van der Waals surface area contributed by atoms with E-state index in [1.165, 1.54) is 0 Å². The molecule has 3 amide bonds. The summed E-state index contributed by atoms with van der Waals surface area (Å²) in [5.41, 5.74) is 3.37. The summed E-state index contributed by atoms with van der Waals surface area (Å²) in [6, 6.07) is 12.3. The Labute approximate surface area is 204 Å². The van der Waals surface area contributed by atoms with E-state index in [4.69, 9.17) is 0 Å². The van der Waals surface area contributed by atoms with Gasteiger partial charge < -0.3 is 20.4 Å². The number of amides is 3. The summed E-state index contributed by atoms with van der Waals surface area (Å²) in [5.74, 6) is -0.482. The van der Waals surface area contributed by atoms with E-state index in [1.807, 2.05) is 32.0 Å². The highest BCUT2D eigenvalue weighted by Gasteiger charge is 2.23. The fraction of sp³-hybridized carbons (Fsp3) is 0.308. The number of hydrogen-bond donors (Lipinski definition) is 4. The number of rotatable bonds is 8. The average Bonchev–Trinajstić information content (AvgIpc) is 2.99. The van der Waals surface area contributed by atoms with Gasteiger partial charge in [0, 0.05) is 48.5 Å². The number of carbonyl (C=O) groups is 3. The van der Waals surface area contributed by atoms with E-state index in [1.54, 1.807) is 35.2 Å². The van der Waals surface area contributed by atoms with Gasteiger partial charge in [0.1, 0.15) is 5.84 Å². The third-order valence-corrected chi connectivity index (χ3v) is 5.40. The molecule has 35 heavy (non-hydrogen) atoms. The Morgan fingerprint density at radius 1 is 1.09 bits per heavy atom. The minimum absolute atomic E-state index is 0.00995. The number of aliphatic hydroxyl groups is 1. The van der Waals surface area contributed by atoms with Crippen LogP contribution in [0.15, 0.2) is 53.0 Å². The summed E-state index contributed by atoms with van der Waals surface area (Å²) in [6.45, 7) is 4.76. The molecule has 0 atom stereocenters. The summed E-state index contributed by atoms with van der Waals surface area (Å²) in [7, 11) is 0. The van der Waals surface area contributed by atoms with Gasteiger partial charge in [-0.1, -0.05) is 25.1 Å². The van der Waals surface area contributed by atoms with Gasteiger partial charge in [-0.25, -0.2) is 9.79 Å². The lowest BCUT2D eigenvalue weighted by molar-refractivity contribution is -0.127. The lowest BCUT2D eigenvalue weighted by atomic mass is 10.0. The number of fused-ring (bicyclic) bond motifs is 1. The fourth-order valence-corrected chi connectivity index (χ4v) is 3.82. The summed E-state index contributed by atoms with van der Waals surface area (Å²) in [5, 5.41) is 23.6. The van der Waals surface area contributed by atoms with Crippen LogP contribution in [0.5, 0.6) is 0 Å². The van der Waals surface area contributed by atoms with Crippen molar-refractivity contribution in [3.05, 3.63) is 64.7 Å². The maximum atomic E-state index is 13.3. The van der Waals surface area contributed by atoms with Crippen molar-refractivity contribution in [1.82, 2.24) is 10.2 Å². The van der Waals surface area contributed by atoms with Gasteiger partial charge in [0.25, 0.3) is 5.91 Å². The van der Waals surface area contributed by atoms with Crippen LogP contribution in [0.4, 0.5) is 16.2 Å². The summed E-state index contributed by atoms with van der Waals surface area (Å²) in [4.78, 5) is 43.5. The highest BCUT2D eigenvalue weighted by molar-refractivity contribution is 6.09. The van der Waals surface area contributed by atoms with Crippen LogP contribution in [0.3, 0.4) is 0 Å². The SMILES string of the molecule is CCCN(CCCO)C(=O)C1=Cc2ccc(C(=O)Nc3cccc(C)c3)cc2N=C(NC(=O)O)C1. The van der Waals surface area contributed by atoms with Crippen LogP contribution in [0.1, 0.15) is 47.7 Å². The molecule has 0 saturated carbocycles. The highest BCUT2D eigenvalue weighted by Crippen LogP contribution is 2.29. The number of aliphatic imine (C=N–C) groups is 1. The molecule has 0 radical (unpaired) electrons. The Morgan fingerprint density at radius 2 is 1.89 bits per heavy atom. The van der Waals surface area contributed by atoms with E-state index >= 15 is 0 Å². The van der Waals surface area contributed by atoms with E-state index in [2.05, 4.69) is 15.6 Å². The van der Waals surface area contributed by atoms with Crippen LogP contribution in [-0.2, 0) is 4.79 Å². The standard InChI is InChI=1S/C26H30N4O5/c1-3-10-30(11-5-12-31)25(33)20-14-18-8-9-19(15-22(18)28-23(16-20)29-26(34)35)24(32)27-21-7-4-6-17(2)13-21/h4,6-9,13-15,31H,3,5,10-12,16H2,1-2H3,(H,27,32)(H,28,29)(H,34,35). The van der Waals surface area contributed by atoms with E-state index < -0.39 is 6.09 Å². The zero-order valence-electron chi connectivity index (χ0n) is 19.9. The number of aryl methyl sites for hydroxylation is 1. The fourth-order valence-electron chi connectivity index (χ4n) is 3.82. The summed E-state index contributed by atoms with van der Waals surface area (Å²) >= 11 is 0. The Bertz CT molecular complexity index is 1170. The second-order valence-corrected chi connectivity index (χ2v) is 8.30. The molecule has 9 nitrogen and oxygen atoms in total. The van der Waals surface area contributed by atoms with Crippen molar-refractivity contribution in [1.29, 1.82) is 0 Å². The van der Waals surface area contributed by atoms with Crippen molar-refractivity contribution >= 4 is 41.2 Å². The lowest BCUT2D eigenvalue weighted by Crippen LogP contribution is -2.36. The lowest BCUT2D eigenvalue weighted by Gasteiger charge is -2.23. The third-order valence-electron chi connectivity index (χ3n) is 5.40. The number of carboxylic acid groups (broad SMARTS) is 1. The van der Waals surface area contributed by atoms with Crippen molar-refractivity contribution in [2.75, 3.05) is 25.0 Å². The van der Waals surface area contributed by atoms with Crippen LogP contribution in [0, 0.1) is 6.92 Å². The van der Waals surface area contributed by atoms with Crippen molar-refractivity contribution in [2.45, 2.75) is 33.1 Å². The maximum Gasteiger partial charge on any atom is 0.410 e. The normalized spacial score (nSPS) is 12.5. The summed E-state index contributed by atoms with van der Waals surface area (Å²) < 4.78 is 0. The number of anilines is 1. The molecule has 1 heterocycles. The smallest absolute Gasteiger partial charge is 0.410 e. The number of aliphatic hydroxyl groups excluding tert-OH is 1. The van der Waals surface area contributed by atoms with E-state index in [0.717, 1.165) is 12.0 Å². The number of nitrogens with zero attached hydrogens (tertiary/aromatic N) is 2. The molecular weight excluding hydrogens is 448 g/mol. The van der Waals surface area contributed by atoms with Crippen LogP contribution < -0.4 is 10.6 Å². The Kier molecular flexibility index (Phi) is 8.74. The van der Waals surface area contributed by atoms with Gasteiger partial charge in [-0.2, -0.15) is 0 Å². The molecule has 2 aromatic rings. The predicted octanol–water partition coefficient (Wildman–Crippen LogP) is 3.95. The van der Waals surface area contributed by atoms with Gasteiger partial charge in [0.2, 0.25) is 5.91 Å². The van der Waals surface area contributed by atoms with E-state index in [9.17, 15) is 24.6 Å². The minimum Gasteiger partial charge on any atom is -0.465 e. The second kappa shape index (κ2) is 11.9. The molecule has 3 rings (SSSR count). The van der Waals surface area contributed by atoms with Gasteiger partial charge in [0.15, 0.2) is 0 Å². The molecule has 0 aliphatic carbocycles. The van der Waals surface area contributed by atoms with E-state index in [0.29, 0.717) is 47.6 Å². The first-order chi connectivity index (χ1) is 16.8. The predicted molar refractivity (Wildman–Crippen MR) is 135 cm³/mol. The molecule has 0 aromatic heterocycles. The first kappa shape index (κ1) is 25.6. The molecule has 2 aromatic carbocycles. The van der Waals surface area contributed by atoms with Gasteiger partial charge >= 0.3 is 6.09 Å². The van der Waals surface area contributed by atoms with Gasteiger partial charge in [-0.15, -0.1) is 0 Å². The van der Waals surface area contributed by atoms with Crippen LogP contribution >= 0.6 is 0 Å². The summed E-state index contributed by atoms with van der Waals surface area (Å²) in [6.07, 6.45) is 1.57. The van der Waals surface area contributed by atoms with Gasteiger partial charge in [-0.05, 0) is 55.7 Å². The van der Waals surface area contributed by atoms with Crippen molar-refractivity contribution in [2.24, 2.45) is 4.99 Å². The number of amidine groups is 1. The van der Waals surface area contributed by atoms with E-state index in [-0.39, 0.29) is 30.7 Å². The average molecular weight is 479 g/mol. The zero-order valence-corrected chi connectivity index (χ0v) is 19.9. The number of hydrogen-bond acceptors (Lipinski definition) is 5. The molecule has 9 heteroatoms. The maximum absolute atomic E-state index is 13.3. The number of benzene rings is 2. The Morgan fingerprint density at radius 3 is 2.57 bits per heavy atom. The molecule has 0 fully saturated rings. The molecule has 4 N–H and O–H groups in total. The molecule has 0 bridgehead atoms. The molecule has 1 aliphatic heterocycles. The first-order valence-corrected chi connectivity index (χ1v) is 11.5. The van der Waals surface area contributed by atoms with Crippen molar-refractivity contribution in [3.8, 4) is 0 Å². The van der Waals surface area contributed by atoms with Gasteiger partial charge in [0.05, 0.1) is 5.69 Å². The topological polar surface area (TPSA) is 131 Å². The zero-order chi connectivity index (χ0) is 25.4. The third kappa shape index (κ3) is 7.00. The Balaban J connectivity index is 1.95. The highest BCUT2D eigenvalue weighted by atomic mass is 16.4. The van der Waals surface area contributed by atoms with Gasteiger partial charge in [-0.3, -0.25) is 14.9 Å². The molecule has 0 saturated heterocycles. The molecular formula is C26H30N4O5. The minimum atomic E-state index is -1.29. The van der Waals surface area contributed by atoms with Crippen LogP contribution in [0.25, 0.3) is 6.08 Å². The largest absolute Gasteiger partial charge is 0.465 e. The van der Waals surface area contributed by atoms with Crippen LogP contribution in [-0.4, -0.2) is 58.6 Å².